The van der Waals surface area contributed by atoms with E-state index in [4.69, 9.17) is 0 Å². The van der Waals surface area contributed by atoms with Crippen LogP contribution >= 0.6 is 0 Å². The van der Waals surface area contributed by atoms with Crippen LogP contribution in [0.5, 0.6) is 0 Å². The van der Waals surface area contributed by atoms with Gasteiger partial charge in [0.05, 0.1) is 6.10 Å². The summed E-state index contributed by atoms with van der Waals surface area (Å²) >= 11 is 0. The summed E-state index contributed by atoms with van der Waals surface area (Å²) < 4.78 is 13.6. The molecule has 2 unspecified atom stereocenters. The third-order valence-corrected chi connectivity index (χ3v) is 3.50. The molecule has 21 heavy (non-hydrogen) atoms. The second-order valence-corrected chi connectivity index (χ2v) is 5.45. The average molecular weight is 287 g/mol. The van der Waals surface area contributed by atoms with Crippen molar-refractivity contribution in [3.8, 4) is 0 Å². The van der Waals surface area contributed by atoms with Crippen LogP contribution in [0.15, 0.2) is 54.6 Å². The van der Waals surface area contributed by atoms with Gasteiger partial charge in [-0.15, -0.1) is 0 Å². The Hall–Kier alpha value is -1.71. The minimum Gasteiger partial charge on any atom is -0.391 e. The fraction of sp³-hybridized carbons (Fsp3) is 0.333. The van der Waals surface area contributed by atoms with Gasteiger partial charge in [0.2, 0.25) is 0 Å². The van der Waals surface area contributed by atoms with Crippen molar-refractivity contribution in [3.63, 3.8) is 0 Å². The lowest BCUT2D eigenvalue weighted by atomic mass is 10.1. The van der Waals surface area contributed by atoms with Crippen molar-refractivity contribution in [2.75, 3.05) is 6.54 Å². The van der Waals surface area contributed by atoms with Crippen molar-refractivity contribution in [2.45, 2.75) is 31.9 Å². The highest BCUT2D eigenvalue weighted by Crippen LogP contribution is 2.09. The third kappa shape index (κ3) is 5.29. The first-order valence-electron chi connectivity index (χ1n) is 7.34. The van der Waals surface area contributed by atoms with Gasteiger partial charge < -0.3 is 10.4 Å². The first-order chi connectivity index (χ1) is 10.1. The number of nitrogens with one attached hydrogen (secondary N) is 1. The van der Waals surface area contributed by atoms with E-state index in [1.54, 1.807) is 12.1 Å². The standard InChI is InChI=1S/C18H22FNO/c1-14(11-16-9-5-6-10-18(16)19)20-13-17(21)12-15-7-3-2-4-8-15/h2-10,14,17,20-21H,11-13H2,1H3. The van der Waals surface area contributed by atoms with Crippen molar-refractivity contribution in [1.29, 1.82) is 0 Å². The van der Waals surface area contributed by atoms with Crippen LogP contribution in [0.4, 0.5) is 4.39 Å². The normalized spacial score (nSPS) is 13.9. The fourth-order valence-electron chi connectivity index (χ4n) is 2.36. The molecular weight excluding hydrogens is 265 g/mol. The molecule has 0 amide bonds. The molecule has 0 bridgehead atoms. The second kappa shape index (κ2) is 7.91. The summed E-state index contributed by atoms with van der Waals surface area (Å²) in [5.41, 5.74) is 1.82. The van der Waals surface area contributed by atoms with Gasteiger partial charge in [0.25, 0.3) is 0 Å². The SMILES string of the molecule is CC(Cc1ccccc1F)NCC(O)Cc1ccccc1. The molecular formula is C18H22FNO. The topological polar surface area (TPSA) is 32.3 Å². The maximum atomic E-state index is 13.6. The zero-order valence-electron chi connectivity index (χ0n) is 12.3. The van der Waals surface area contributed by atoms with E-state index < -0.39 is 6.10 Å². The van der Waals surface area contributed by atoms with Gasteiger partial charge in [-0.05, 0) is 37.0 Å². The molecule has 0 heterocycles. The van der Waals surface area contributed by atoms with Gasteiger partial charge in [-0.3, -0.25) is 0 Å². The largest absolute Gasteiger partial charge is 0.391 e. The molecule has 0 aromatic heterocycles. The number of hydrogen-bond acceptors (Lipinski definition) is 2. The summed E-state index contributed by atoms with van der Waals surface area (Å²) in [6.07, 6.45) is 0.806. The van der Waals surface area contributed by atoms with E-state index in [1.807, 2.05) is 43.3 Å². The molecule has 0 spiro atoms. The lowest BCUT2D eigenvalue weighted by molar-refractivity contribution is 0.168. The van der Waals surface area contributed by atoms with Gasteiger partial charge in [-0.25, -0.2) is 4.39 Å². The quantitative estimate of drug-likeness (QED) is 0.820. The molecule has 2 N–H and O–H groups in total. The second-order valence-electron chi connectivity index (χ2n) is 5.45. The lowest BCUT2D eigenvalue weighted by Crippen LogP contribution is -2.36. The molecule has 0 fully saturated rings. The number of rotatable bonds is 7. The molecule has 0 radical (unpaired) electrons. The first-order valence-corrected chi connectivity index (χ1v) is 7.34. The van der Waals surface area contributed by atoms with E-state index in [0.717, 1.165) is 5.56 Å². The Labute approximate surface area is 125 Å². The number of benzene rings is 2. The zero-order chi connectivity index (χ0) is 15.1. The number of hydrogen-bond donors (Lipinski definition) is 2. The maximum absolute atomic E-state index is 13.6. The minimum atomic E-state index is -0.435. The molecule has 112 valence electrons. The van der Waals surface area contributed by atoms with Crippen LogP contribution < -0.4 is 5.32 Å². The van der Waals surface area contributed by atoms with Crippen molar-refractivity contribution in [3.05, 3.63) is 71.5 Å². The van der Waals surface area contributed by atoms with E-state index in [1.165, 1.54) is 6.07 Å². The highest BCUT2D eigenvalue weighted by molar-refractivity contribution is 5.18. The van der Waals surface area contributed by atoms with Crippen LogP contribution in [0, 0.1) is 5.82 Å². The van der Waals surface area contributed by atoms with Crippen molar-refractivity contribution < 1.29 is 9.50 Å². The first kappa shape index (κ1) is 15.7. The zero-order valence-corrected chi connectivity index (χ0v) is 12.3. The summed E-state index contributed by atoms with van der Waals surface area (Å²) in [4.78, 5) is 0. The van der Waals surface area contributed by atoms with Crippen LogP contribution in [-0.4, -0.2) is 23.8 Å². The summed E-state index contributed by atoms with van der Waals surface area (Å²) in [7, 11) is 0. The predicted octanol–water partition coefficient (Wildman–Crippen LogP) is 2.95. The van der Waals surface area contributed by atoms with E-state index in [9.17, 15) is 9.50 Å². The molecule has 2 aromatic rings. The maximum Gasteiger partial charge on any atom is 0.126 e. The van der Waals surface area contributed by atoms with Gasteiger partial charge in [0.15, 0.2) is 0 Å². The Morgan fingerprint density at radius 2 is 1.67 bits per heavy atom. The molecule has 2 atom stereocenters. The summed E-state index contributed by atoms with van der Waals surface area (Å²) in [6, 6.07) is 16.8. The summed E-state index contributed by atoms with van der Waals surface area (Å²) in [5.74, 6) is -0.170. The summed E-state index contributed by atoms with van der Waals surface area (Å²) in [5, 5.41) is 13.3. The van der Waals surface area contributed by atoms with Gasteiger partial charge in [-0.1, -0.05) is 48.5 Å². The van der Waals surface area contributed by atoms with Crippen molar-refractivity contribution in [1.82, 2.24) is 5.32 Å². The molecule has 2 aromatic carbocycles. The number of aliphatic hydroxyl groups excluding tert-OH is 1. The van der Waals surface area contributed by atoms with E-state index >= 15 is 0 Å². The van der Waals surface area contributed by atoms with E-state index in [2.05, 4.69) is 5.32 Å². The highest BCUT2D eigenvalue weighted by Gasteiger charge is 2.10. The van der Waals surface area contributed by atoms with Crippen LogP contribution in [-0.2, 0) is 12.8 Å². The van der Waals surface area contributed by atoms with Gasteiger partial charge >= 0.3 is 0 Å². The van der Waals surface area contributed by atoms with E-state index in [0.29, 0.717) is 24.9 Å². The Bertz CT molecular complexity index is 544. The van der Waals surface area contributed by atoms with Gasteiger partial charge in [0, 0.05) is 12.6 Å². The minimum absolute atomic E-state index is 0.118. The third-order valence-electron chi connectivity index (χ3n) is 3.50. The molecule has 0 aliphatic carbocycles. The van der Waals surface area contributed by atoms with Crippen molar-refractivity contribution in [2.24, 2.45) is 0 Å². The molecule has 0 aliphatic heterocycles. The molecule has 0 aliphatic rings. The van der Waals surface area contributed by atoms with Gasteiger partial charge in [-0.2, -0.15) is 0 Å². The van der Waals surface area contributed by atoms with E-state index in [-0.39, 0.29) is 11.9 Å². The van der Waals surface area contributed by atoms with Gasteiger partial charge in [0.1, 0.15) is 5.82 Å². The average Bonchev–Trinajstić information content (AvgIpc) is 2.49. The Kier molecular flexibility index (Phi) is 5.90. The smallest absolute Gasteiger partial charge is 0.126 e. The Morgan fingerprint density at radius 1 is 1.00 bits per heavy atom. The van der Waals surface area contributed by atoms with Crippen LogP contribution in [0.25, 0.3) is 0 Å². The molecule has 2 nitrogen and oxygen atoms in total. The number of aliphatic hydroxyl groups is 1. The molecule has 0 saturated heterocycles. The molecule has 3 heteroatoms. The van der Waals surface area contributed by atoms with Crippen LogP contribution in [0.1, 0.15) is 18.1 Å². The van der Waals surface area contributed by atoms with Crippen molar-refractivity contribution >= 4 is 0 Å². The Morgan fingerprint density at radius 3 is 2.38 bits per heavy atom. The molecule has 0 saturated carbocycles. The Balaban J connectivity index is 1.76. The lowest BCUT2D eigenvalue weighted by Gasteiger charge is -2.17. The predicted molar refractivity (Wildman–Crippen MR) is 83.7 cm³/mol. The number of halogens is 1. The summed E-state index contributed by atoms with van der Waals surface area (Å²) in [6.45, 7) is 2.51. The van der Waals surface area contributed by atoms with Crippen LogP contribution in [0.2, 0.25) is 0 Å². The monoisotopic (exact) mass is 287 g/mol. The fourth-order valence-corrected chi connectivity index (χ4v) is 2.36. The van der Waals surface area contributed by atoms with Crippen LogP contribution in [0.3, 0.4) is 0 Å². The molecule has 2 rings (SSSR count). The highest BCUT2D eigenvalue weighted by atomic mass is 19.1.